The molecule has 0 aromatic heterocycles. The average molecular weight is 239 g/mol. The lowest BCUT2D eigenvalue weighted by molar-refractivity contribution is 0.786. The van der Waals surface area contributed by atoms with Gasteiger partial charge in [0.25, 0.3) is 0 Å². The molecule has 94 valence electrons. The van der Waals surface area contributed by atoms with Crippen molar-refractivity contribution in [2.75, 3.05) is 0 Å². The lowest BCUT2D eigenvalue weighted by Crippen LogP contribution is -2.04. The summed E-state index contributed by atoms with van der Waals surface area (Å²) in [6, 6.07) is 17.0. The molecule has 1 nitrogen and oxygen atoms in total. The molecule has 0 amide bonds. The first-order valence-electron chi connectivity index (χ1n) is 6.73. The third-order valence-corrected chi connectivity index (χ3v) is 3.36. The van der Waals surface area contributed by atoms with Gasteiger partial charge in [-0.1, -0.05) is 61.9 Å². The van der Waals surface area contributed by atoms with Crippen LogP contribution in [-0.4, -0.2) is 0 Å². The Morgan fingerprint density at radius 3 is 2.39 bits per heavy atom. The number of benzene rings is 2. The molecule has 0 saturated heterocycles. The maximum absolute atomic E-state index is 5.96. The Kier molecular flexibility index (Phi) is 4.54. The van der Waals surface area contributed by atoms with E-state index in [1.165, 1.54) is 35.1 Å². The van der Waals surface area contributed by atoms with Crippen molar-refractivity contribution in [3.63, 3.8) is 0 Å². The molecular formula is C17H21N. The Morgan fingerprint density at radius 2 is 1.72 bits per heavy atom. The Balaban J connectivity index is 2.41. The van der Waals surface area contributed by atoms with E-state index < -0.39 is 0 Å². The largest absolute Gasteiger partial charge is 0.326 e. The van der Waals surface area contributed by atoms with Crippen LogP contribution in [0.2, 0.25) is 0 Å². The van der Waals surface area contributed by atoms with Crippen molar-refractivity contribution in [1.29, 1.82) is 0 Å². The third kappa shape index (κ3) is 2.80. The van der Waals surface area contributed by atoms with Gasteiger partial charge in [0.2, 0.25) is 0 Å². The summed E-state index contributed by atoms with van der Waals surface area (Å²) in [6.07, 6.45) is 3.58. The fourth-order valence-electron chi connectivity index (χ4n) is 2.37. The summed E-state index contributed by atoms with van der Waals surface area (Å²) in [5.41, 5.74) is 11.2. The zero-order valence-electron chi connectivity index (χ0n) is 11.0. The summed E-state index contributed by atoms with van der Waals surface area (Å²) < 4.78 is 0. The van der Waals surface area contributed by atoms with Gasteiger partial charge in [-0.15, -0.1) is 0 Å². The van der Waals surface area contributed by atoms with Crippen LogP contribution in [-0.2, 0) is 13.0 Å². The highest BCUT2D eigenvalue weighted by Gasteiger charge is 2.07. The van der Waals surface area contributed by atoms with E-state index in [0.29, 0.717) is 6.54 Å². The Hall–Kier alpha value is -1.60. The van der Waals surface area contributed by atoms with E-state index >= 15 is 0 Å². The molecule has 0 spiro atoms. The zero-order valence-corrected chi connectivity index (χ0v) is 11.0. The van der Waals surface area contributed by atoms with Gasteiger partial charge < -0.3 is 5.73 Å². The molecule has 2 aromatic rings. The van der Waals surface area contributed by atoms with E-state index in [1.807, 2.05) is 6.07 Å². The van der Waals surface area contributed by atoms with Gasteiger partial charge >= 0.3 is 0 Å². The number of hydrogen-bond donors (Lipinski definition) is 1. The van der Waals surface area contributed by atoms with Crippen LogP contribution in [0.25, 0.3) is 11.1 Å². The highest BCUT2D eigenvalue weighted by Crippen LogP contribution is 2.26. The van der Waals surface area contributed by atoms with Crippen molar-refractivity contribution in [3.8, 4) is 11.1 Å². The van der Waals surface area contributed by atoms with Gasteiger partial charge in [-0.2, -0.15) is 0 Å². The Labute approximate surface area is 110 Å². The maximum atomic E-state index is 5.96. The molecule has 0 aliphatic heterocycles. The average Bonchev–Trinajstić information content (AvgIpc) is 2.45. The SMILES string of the molecule is CCCCc1cccc(-c2ccccc2)c1CN. The number of rotatable bonds is 5. The normalized spacial score (nSPS) is 10.6. The summed E-state index contributed by atoms with van der Waals surface area (Å²) in [5.74, 6) is 0. The fraction of sp³-hybridized carbons (Fsp3) is 0.294. The van der Waals surface area contributed by atoms with Gasteiger partial charge in [0.1, 0.15) is 0 Å². The van der Waals surface area contributed by atoms with Crippen LogP contribution in [0.5, 0.6) is 0 Å². The molecule has 0 aliphatic rings. The highest BCUT2D eigenvalue weighted by molar-refractivity contribution is 5.68. The maximum Gasteiger partial charge on any atom is 0.0187 e. The van der Waals surface area contributed by atoms with Crippen molar-refractivity contribution in [1.82, 2.24) is 0 Å². The molecule has 0 radical (unpaired) electrons. The second-order valence-corrected chi connectivity index (χ2v) is 4.62. The molecule has 2 aromatic carbocycles. The van der Waals surface area contributed by atoms with Gasteiger partial charge in [0.15, 0.2) is 0 Å². The zero-order chi connectivity index (χ0) is 12.8. The standard InChI is InChI=1S/C17H21N/c1-2-3-8-15-11-7-12-16(17(15)13-18)14-9-5-4-6-10-14/h4-7,9-12H,2-3,8,13,18H2,1H3. The number of hydrogen-bond acceptors (Lipinski definition) is 1. The van der Waals surface area contributed by atoms with Crippen molar-refractivity contribution >= 4 is 0 Å². The molecule has 1 heteroatoms. The quantitative estimate of drug-likeness (QED) is 0.833. The highest BCUT2D eigenvalue weighted by atomic mass is 14.5. The van der Waals surface area contributed by atoms with Crippen LogP contribution in [0, 0.1) is 0 Å². The minimum Gasteiger partial charge on any atom is -0.326 e. The molecule has 0 atom stereocenters. The molecule has 0 heterocycles. The molecule has 2 rings (SSSR count). The summed E-state index contributed by atoms with van der Waals surface area (Å²) in [4.78, 5) is 0. The minimum atomic E-state index is 0.615. The second-order valence-electron chi connectivity index (χ2n) is 4.62. The second kappa shape index (κ2) is 6.36. The molecular weight excluding hydrogens is 218 g/mol. The van der Waals surface area contributed by atoms with Crippen LogP contribution in [0.15, 0.2) is 48.5 Å². The lowest BCUT2D eigenvalue weighted by atomic mass is 9.93. The number of aryl methyl sites for hydroxylation is 1. The van der Waals surface area contributed by atoms with Crippen LogP contribution >= 0.6 is 0 Å². The van der Waals surface area contributed by atoms with E-state index in [4.69, 9.17) is 5.73 Å². The van der Waals surface area contributed by atoms with Crippen molar-refractivity contribution < 1.29 is 0 Å². The topological polar surface area (TPSA) is 26.0 Å². The summed E-state index contributed by atoms with van der Waals surface area (Å²) >= 11 is 0. The van der Waals surface area contributed by atoms with Crippen molar-refractivity contribution in [2.45, 2.75) is 32.7 Å². The predicted molar refractivity (Wildman–Crippen MR) is 78.4 cm³/mol. The van der Waals surface area contributed by atoms with Crippen molar-refractivity contribution in [2.24, 2.45) is 5.73 Å². The van der Waals surface area contributed by atoms with Crippen molar-refractivity contribution in [3.05, 3.63) is 59.7 Å². The van der Waals surface area contributed by atoms with Gasteiger partial charge in [0.05, 0.1) is 0 Å². The summed E-state index contributed by atoms with van der Waals surface area (Å²) in [7, 11) is 0. The van der Waals surface area contributed by atoms with Crippen LogP contribution in [0.4, 0.5) is 0 Å². The first-order chi connectivity index (χ1) is 8.86. The first kappa shape index (κ1) is 12.8. The van der Waals surface area contributed by atoms with E-state index in [-0.39, 0.29) is 0 Å². The van der Waals surface area contributed by atoms with Crippen LogP contribution < -0.4 is 5.73 Å². The molecule has 18 heavy (non-hydrogen) atoms. The number of unbranched alkanes of at least 4 members (excludes halogenated alkanes) is 1. The molecule has 0 saturated carbocycles. The summed E-state index contributed by atoms with van der Waals surface area (Å²) in [5, 5.41) is 0. The number of nitrogens with two attached hydrogens (primary N) is 1. The smallest absolute Gasteiger partial charge is 0.0187 e. The lowest BCUT2D eigenvalue weighted by Gasteiger charge is -2.13. The Bertz CT molecular complexity index is 488. The van der Waals surface area contributed by atoms with E-state index in [2.05, 4.69) is 49.4 Å². The van der Waals surface area contributed by atoms with Gasteiger partial charge in [-0.25, -0.2) is 0 Å². The molecule has 0 unspecified atom stereocenters. The monoisotopic (exact) mass is 239 g/mol. The third-order valence-electron chi connectivity index (χ3n) is 3.36. The summed E-state index contributed by atoms with van der Waals surface area (Å²) in [6.45, 7) is 2.84. The van der Waals surface area contributed by atoms with E-state index in [0.717, 1.165) is 6.42 Å². The van der Waals surface area contributed by atoms with Crippen LogP contribution in [0.3, 0.4) is 0 Å². The first-order valence-corrected chi connectivity index (χ1v) is 6.73. The molecule has 0 fully saturated rings. The fourth-order valence-corrected chi connectivity index (χ4v) is 2.37. The Morgan fingerprint density at radius 1 is 0.944 bits per heavy atom. The van der Waals surface area contributed by atoms with Crippen LogP contribution in [0.1, 0.15) is 30.9 Å². The van der Waals surface area contributed by atoms with Gasteiger partial charge in [-0.3, -0.25) is 0 Å². The molecule has 2 N–H and O–H groups in total. The van der Waals surface area contributed by atoms with E-state index in [1.54, 1.807) is 0 Å². The van der Waals surface area contributed by atoms with E-state index in [9.17, 15) is 0 Å². The van der Waals surface area contributed by atoms with Gasteiger partial charge in [0, 0.05) is 6.54 Å². The molecule has 0 bridgehead atoms. The molecule has 0 aliphatic carbocycles. The van der Waals surface area contributed by atoms with Gasteiger partial charge in [-0.05, 0) is 35.1 Å². The minimum absolute atomic E-state index is 0.615. The predicted octanol–water partition coefficient (Wildman–Crippen LogP) is 4.15.